The third kappa shape index (κ3) is 5.36. The molecule has 0 saturated carbocycles. The number of anilines is 1. The van der Waals surface area contributed by atoms with Crippen LogP contribution in [0.2, 0.25) is 0 Å². The second-order valence-electron chi connectivity index (χ2n) is 6.63. The van der Waals surface area contributed by atoms with Crippen LogP contribution >= 0.6 is 11.8 Å². The molecule has 0 atom stereocenters. The second-order valence-corrected chi connectivity index (χ2v) is 7.67. The van der Waals surface area contributed by atoms with E-state index in [0.717, 1.165) is 22.1 Å². The molecule has 7 heteroatoms. The van der Waals surface area contributed by atoms with Crippen molar-refractivity contribution in [3.05, 3.63) is 89.0 Å². The highest BCUT2D eigenvalue weighted by atomic mass is 32.2. The molecule has 0 heterocycles. The van der Waals surface area contributed by atoms with Crippen LogP contribution in [0.1, 0.15) is 27.0 Å². The number of para-hydroxylation sites is 1. The Balaban J connectivity index is 1.80. The number of amides is 1. The number of ether oxygens (including phenoxy) is 1. The molecule has 0 aliphatic heterocycles. The van der Waals surface area contributed by atoms with Gasteiger partial charge in [0.15, 0.2) is 0 Å². The van der Waals surface area contributed by atoms with Crippen LogP contribution in [0.4, 0.5) is 18.9 Å². The molecule has 0 spiro atoms. The molecule has 0 bridgehead atoms. The minimum absolute atomic E-state index is 0.257. The fourth-order valence-electron chi connectivity index (χ4n) is 2.86. The molecule has 3 rings (SSSR count). The average molecular weight is 431 g/mol. The lowest BCUT2D eigenvalue weighted by atomic mass is 10.1. The quantitative estimate of drug-likeness (QED) is 0.449. The first-order chi connectivity index (χ1) is 14.3. The zero-order valence-corrected chi connectivity index (χ0v) is 17.2. The van der Waals surface area contributed by atoms with Crippen LogP contribution in [-0.2, 0) is 11.9 Å². The van der Waals surface area contributed by atoms with Gasteiger partial charge in [-0.25, -0.2) is 0 Å². The lowest BCUT2D eigenvalue weighted by molar-refractivity contribution is -0.136. The standard InChI is InChI=1S/C23H20F3NO2S/c1-15-7-10-18(11-8-15)30-14-17-13-16(9-12-21(17)29-2)22(28)27-20-6-4-3-5-19(20)23(24,25)26/h3-13H,14H2,1-2H3,(H,27,28). The zero-order valence-electron chi connectivity index (χ0n) is 16.4. The van der Waals surface area contributed by atoms with E-state index in [2.05, 4.69) is 5.32 Å². The Morgan fingerprint density at radius 2 is 1.73 bits per heavy atom. The first-order valence-corrected chi connectivity index (χ1v) is 10.1. The van der Waals surface area contributed by atoms with Crippen LogP contribution in [0.5, 0.6) is 5.75 Å². The van der Waals surface area contributed by atoms with Gasteiger partial charge in [-0.1, -0.05) is 29.8 Å². The predicted octanol–water partition coefficient (Wildman–Crippen LogP) is 6.57. The Bertz CT molecular complexity index is 1030. The smallest absolute Gasteiger partial charge is 0.418 e. The molecule has 0 unspecified atom stereocenters. The van der Waals surface area contributed by atoms with E-state index >= 15 is 0 Å². The van der Waals surface area contributed by atoms with Crippen LogP contribution in [0, 0.1) is 6.92 Å². The summed E-state index contributed by atoms with van der Waals surface area (Å²) in [6.45, 7) is 2.01. The van der Waals surface area contributed by atoms with Gasteiger partial charge < -0.3 is 10.1 Å². The highest BCUT2D eigenvalue weighted by Crippen LogP contribution is 2.35. The molecular formula is C23H20F3NO2S. The highest BCUT2D eigenvalue weighted by molar-refractivity contribution is 7.98. The van der Waals surface area contributed by atoms with Crippen molar-refractivity contribution in [3.8, 4) is 5.75 Å². The molecule has 0 aliphatic rings. The van der Waals surface area contributed by atoms with Crippen LogP contribution in [0.25, 0.3) is 0 Å². The number of nitrogens with one attached hydrogen (secondary N) is 1. The molecule has 0 fully saturated rings. The Morgan fingerprint density at radius 1 is 1.03 bits per heavy atom. The van der Waals surface area contributed by atoms with Crippen LogP contribution in [-0.4, -0.2) is 13.0 Å². The molecule has 1 N–H and O–H groups in total. The number of benzene rings is 3. The molecular weight excluding hydrogens is 411 g/mol. The number of carbonyl (C=O) groups excluding carboxylic acids is 1. The molecule has 0 aromatic heterocycles. The lowest BCUT2D eigenvalue weighted by Crippen LogP contribution is -2.16. The fourth-order valence-corrected chi connectivity index (χ4v) is 3.74. The number of thioether (sulfide) groups is 1. The number of halogens is 3. The number of methoxy groups -OCH3 is 1. The van der Waals surface area contributed by atoms with Gasteiger partial charge in [0.05, 0.1) is 18.4 Å². The number of hydrogen-bond donors (Lipinski definition) is 1. The monoisotopic (exact) mass is 431 g/mol. The fraction of sp³-hybridized carbons (Fsp3) is 0.174. The molecule has 3 nitrogen and oxygen atoms in total. The zero-order chi connectivity index (χ0) is 21.7. The van der Waals surface area contributed by atoms with Crippen molar-refractivity contribution >= 4 is 23.4 Å². The summed E-state index contributed by atoms with van der Waals surface area (Å²) in [5.41, 5.74) is 1.03. The maximum atomic E-state index is 13.2. The van der Waals surface area contributed by atoms with E-state index in [1.165, 1.54) is 31.4 Å². The molecule has 3 aromatic carbocycles. The third-order valence-corrected chi connectivity index (χ3v) is 5.50. The molecule has 3 aromatic rings. The number of rotatable bonds is 6. The van der Waals surface area contributed by atoms with E-state index in [0.29, 0.717) is 11.5 Å². The van der Waals surface area contributed by atoms with Crippen molar-refractivity contribution in [2.75, 3.05) is 12.4 Å². The van der Waals surface area contributed by atoms with E-state index < -0.39 is 17.6 Å². The third-order valence-electron chi connectivity index (χ3n) is 4.44. The van der Waals surface area contributed by atoms with Gasteiger partial charge >= 0.3 is 6.18 Å². The highest BCUT2D eigenvalue weighted by Gasteiger charge is 2.33. The Labute approximate surface area is 177 Å². The summed E-state index contributed by atoms with van der Waals surface area (Å²) in [4.78, 5) is 13.7. The van der Waals surface area contributed by atoms with E-state index in [9.17, 15) is 18.0 Å². The van der Waals surface area contributed by atoms with E-state index in [1.54, 1.807) is 23.9 Å². The number of carbonyl (C=O) groups is 1. The maximum absolute atomic E-state index is 13.2. The first-order valence-electron chi connectivity index (χ1n) is 9.12. The number of aryl methyl sites for hydroxylation is 1. The van der Waals surface area contributed by atoms with Gasteiger partial charge in [-0.2, -0.15) is 13.2 Å². The molecule has 1 amide bonds. The Hall–Kier alpha value is -2.93. The van der Waals surface area contributed by atoms with Gasteiger partial charge in [0.2, 0.25) is 0 Å². The van der Waals surface area contributed by atoms with Gasteiger partial charge in [0.25, 0.3) is 5.91 Å². The lowest BCUT2D eigenvalue weighted by Gasteiger charge is -2.14. The minimum atomic E-state index is -4.56. The summed E-state index contributed by atoms with van der Waals surface area (Å²) in [6, 6.07) is 17.8. The predicted molar refractivity (Wildman–Crippen MR) is 113 cm³/mol. The van der Waals surface area contributed by atoms with Gasteiger partial charge in [0, 0.05) is 21.8 Å². The van der Waals surface area contributed by atoms with Gasteiger partial charge in [0.1, 0.15) is 5.75 Å². The van der Waals surface area contributed by atoms with Crippen molar-refractivity contribution in [1.82, 2.24) is 0 Å². The van der Waals surface area contributed by atoms with E-state index in [-0.39, 0.29) is 11.3 Å². The molecule has 0 radical (unpaired) electrons. The van der Waals surface area contributed by atoms with E-state index in [4.69, 9.17) is 4.74 Å². The van der Waals surface area contributed by atoms with Crippen LogP contribution in [0.15, 0.2) is 71.6 Å². The summed E-state index contributed by atoms with van der Waals surface area (Å²) in [6.07, 6.45) is -4.56. The molecule has 156 valence electrons. The van der Waals surface area contributed by atoms with Gasteiger partial charge in [-0.15, -0.1) is 11.8 Å². The summed E-state index contributed by atoms with van der Waals surface area (Å²) in [5, 5.41) is 2.37. The second kappa shape index (κ2) is 9.26. The number of hydrogen-bond acceptors (Lipinski definition) is 3. The number of alkyl halides is 3. The SMILES string of the molecule is COc1ccc(C(=O)Nc2ccccc2C(F)(F)F)cc1CSc1ccc(C)cc1. The minimum Gasteiger partial charge on any atom is -0.496 e. The summed E-state index contributed by atoms with van der Waals surface area (Å²) >= 11 is 1.58. The van der Waals surface area contributed by atoms with Gasteiger partial charge in [-0.05, 0) is 49.4 Å². The van der Waals surface area contributed by atoms with Crippen molar-refractivity contribution in [2.24, 2.45) is 0 Å². The molecule has 0 aliphatic carbocycles. The summed E-state index contributed by atoms with van der Waals surface area (Å²) in [5.74, 6) is 0.546. The normalized spacial score (nSPS) is 11.2. The Kier molecular flexibility index (Phi) is 6.72. The van der Waals surface area contributed by atoms with Crippen molar-refractivity contribution in [1.29, 1.82) is 0 Å². The average Bonchev–Trinajstić information content (AvgIpc) is 2.72. The van der Waals surface area contributed by atoms with Crippen LogP contribution in [0.3, 0.4) is 0 Å². The van der Waals surface area contributed by atoms with Gasteiger partial charge in [-0.3, -0.25) is 4.79 Å². The summed E-state index contributed by atoms with van der Waals surface area (Å²) < 4.78 is 44.9. The van der Waals surface area contributed by atoms with Crippen molar-refractivity contribution in [2.45, 2.75) is 23.7 Å². The first kappa shape index (κ1) is 21.8. The van der Waals surface area contributed by atoms with Crippen molar-refractivity contribution in [3.63, 3.8) is 0 Å². The van der Waals surface area contributed by atoms with Crippen LogP contribution < -0.4 is 10.1 Å². The van der Waals surface area contributed by atoms with Crippen molar-refractivity contribution < 1.29 is 22.7 Å². The Morgan fingerprint density at radius 3 is 2.40 bits per heavy atom. The largest absolute Gasteiger partial charge is 0.496 e. The summed E-state index contributed by atoms with van der Waals surface area (Å²) in [7, 11) is 1.54. The van der Waals surface area contributed by atoms with E-state index in [1.807, 2.05) is 31.2 Å². The topological polar surface area (TPSA) is 38.3 Å². The molecule has 30 heavy (non-hydrogen) atoms. The molecule has 0 saturated heterocycles. The maximum Gasteiger partial charge on any atom is 0.418 e.